The molecule has 0 bridgehead atoms. The molecule has 0 unspecified atom stereocenters. The number of carbonyl (C=O) groups is 3. The van der Waals surface area contributed by atoms with E-state index in [0.29, 0.717) is 25.7 Å². The van der Waals surface area contributed by atoms with Crippen molar-refractivity contribution in [1.29, 1.82) is 0 Å². The van der Waals surface area contributed by atoms with Gasteiger partial charge in [-0.3, -0.25) is 14.4 Å². The van der Waals surface area contributed by atoms with Crippen molar-refractivity contribution in [1.82, 2.24) is 0 Å². The van der Waals surface area contributed by atoms with Crippen molar-refractivity contribution in [2.75, 3.05) is 13.2 Å². The molecule has 0 saturated heterocycles. The number of unbranched alkanes of at least 4 members (excludes halogenated alkanes) is 22. The van der Waals surface area contributed by atoms with E-state index in [4.69, 9.17) is 14.2 Å². The van der Waals surface area contributed by atoms with Gasteiger partial charge in [-0.05, 0) is 96.3 Å². The summed E-state index contributed by atoms with van der Waals surface area (Å²) in [5.74, 6) is -1.04. The van der Waals surface area contributed by atoms with E-state index in [-0.39, 0.29) is 37.5 Å². The Morgan fingerprint density at radius 2 is 0.562 bits per heavy atom. The fourth-order valence-electron chi connectivity index (χ4n) is 8.05. The second-order valence-electron chi connectivity index (χ2n) is 19.5. The first-order valence-corrected chi connectivity index (χ1v) is 30.0. The molecule has 0 aromatic heterocycles. The summed E-state index contributed by atoms with van der Waals surface area (Å²) < 4.78 is 16.8. The summed E-state index contributed by atoms with van der Waals surface area (Å²) in [5.41, 5.74) is 0. The molecule has 6 nitrogen and oxygen atoms in total. The zero-order valence-corrected chi connectivity index (χ0v) is 47.4. The van der Waals surface area contributed by atoms with E-state index < -0.39 is 6.10 Å². The summed E-state index contributed by atoms with van der Waals surface area (Å²) in [4.78, 5) is 38.2. The molecular formula is C67H110O6. The maximum absolute atomic E-state index is 12.9. The third kappa shape index (κ3) is 58.6. The zero-order valence-electron chi connectivity index (χ0n) is 47.4. The van der Waals surface area contributed by atoms with Crippen LogP contribution in [-0.4, -0.2) is 37.2 Å². The molecule has 0 N–H and O–H groups in total. The quantitative estimate of drug-likeness (QED) is 0.0261. The number of hydrogen-bond donors (Lipinski definition) is 0. The molecule has 0 aromatic carbocycles. The van der Waals surface area contributed by atoms with Crippen molar-refractivity contribution in [3.63, 3.8) is 0 Å². The van der Waals surface area contributed by atoms with Gasteiger partial charge in [0.05, 0.1) is 0 Å². The van der Waals surface area contributed by atoms with E-state index in [1.807, 2.05) is 6.08 Å². The Labute approximate surface area is 450 Å². The first kappa shape index (κ1) is 68.8. The lowest BCUT2D eigenvalue weighted by Gasteiger charge is -2.18. The number of esters is 3. The van der Waals surface area contributed by atoms with Crippen LogP contribution in [0.3, 0.4) is 0 Å². The Bertz CT molecular complexity index is 1540. The lowest BCUT2D eigenvalue weighted by molar-refractivity contribution is -0.166. The van der Waals surface area contributed by atoms with Crippen molar-refractivity contribution in [2.24, 2.45) is 0 Å². The summed E-state index contributed by atoms with van der Waals surface area (Å²) in [6.45, 7) is 6.33. The van der Waals surface area contributed by atoms with Crippen molar-refractivity contribution < 1.29 is 28.6 Å². The van der Waals surface area contributed by atoms with E-state index in [0.717, 1.165) is 96.3 Å². The highest BCUT2D eigenvalue weighted by molar-refractivity contribution is 5.71. The Morgan fingerprint density at radius 3 is 0.918 bits per heavy atom. The van der Waals surface area contributed by atoms with Crippen molar-refractivity contribution >= 4 is 17.9 Å². The molecule has 0 radical (unpaired) electrons. The molecular weight excluding hydrogens is 901 g/mol. The lowest BCUT2D eigenvalue weighted by atomic mass is 10.0. The topological polar surface area (TPSA) is 78.9 Å². The minimum absolute atomic E-state index is 0.124. The van der Waals surface area contributed by atoms with Crippen LogP contribution in [0.2, 0.25) is 0 Å². The molecule has 0 aliphatic carbocycles. The molecule has 0 amide bonds. The minimum Gasteiger partial charge on any atom is -0.462 e. The van der Waals surface area contributed by atoms with E-state index >= 15 is 0 Å². The number of allylic oxidation sites excluding steroid dienone is 20. The van der Waals surface area contributed by atoms with Gasteiger partial charge in [-0.15, -0.1) is 0 Å². The van der Waals surface area contributed by atoms with E-state index in [2.05, 4.69) is 136 Å². The number of hydrogen-bond acceptors (Lipinski definition) is 6. The number of rotatable bonds is 53. The highest BCUT2D eigenvalue weighted by Gasteiger charge is 2.19. The van der Waals surface area contributed by atoms with Crippen LogP contribution in [0.1, 0.15) is 265 Å². The van der Waals surface area contributed by atoms with Gasteiger partial charge in [0.15, 0.2) is 6.10 Å². The SMILES string of the molecule is CC/C=C\C/C=C\C/C=C\C/C=C\C/C=C\C/C=C\CCC(=O)OC[C@H](COC(=O)CCCC/C=C\C/C=C\C/C=C\C/C=C\CC)OC(=O)CCCCCCCCCCCCCCCCCCCCCCC. The largest absolute Gasteiger partial charge is 0.462 e. The van der Waals surface area contributed by atoms with Crippen LogP contribution >= 0.6 is 0 Å². The van der Waals surface area contributed by atoms with Gasteiger partial charge in [0.25, 0.3) is 0 Å². The van der Waals surface area contributed by atoms with Gasteiger partial charge in [-0.25, -0.2) is 0 Å². The lowest BCUT2D eigenvalue weighted by Crippen LogP contribution is -2.30. The Hall–Kier alpha value is -4.19. The average Bonchev–Trinajstić information content (AvgIpc) is 3.39. The number of ether oxygens (including phenoxy) is 3. The second kappa shape index (κ2) is 60.4. The van der Waals surface area contributed by atoms with Crippen LogP contribution in [0, 0.1) is 0 Å². The summed E-state index contributed by atoms with van der Waals surface area (Å²) in [7, 11) is 0. The summed E-state index contributed by atoms with van der Waals surface area (Å²) in [6, 6.07) is 0. The Balaban J connectivity index is 4.51. The smallest absolute Gasteiger partial charge is 0.306 e. The molecule has 0 saturated carbocycles. The predicted molar refractivity (Wildman–Crippen MR) is 316 cm³/mol. The van der Waals surface area contributed by atoms with Crippen LogP contribution in [0.5, 0.6) is 0 Å². The maximum atomic E-state index is 12.9. The third-order valence-corrected chi connectivity index (χ3v) is 12.5. The molecule has 414 valence electrons. The summed E-state index contributed by atoms with van der Waals surface area (Å²) in [6.07, 6.45) is 83.6. The van der Waals surface area contributed by atoms with E-state index in [9.17, 15) is 14.4 Å². The van der Waals surface area contributed by atoms with Crippen LogP contribution in [0.25, 0.3) is 0 Å². The molecule has 73 heavy (non-hydrogen) atoms. The molecule has 0 aliphatic heterocycles. The van der Waals surface area contributed by atoms with Gasteiger partial charge in [-0.1, -0.05) is 271 Å². The first-order chi connectivity index (χ1) is 36.0. The molecule has 0 fully saturated rings. The fraction of sp³-hybridized carbons (Fsp3) is 0.657. The Morgan fingerprint density at radius 1 is 0.288 bits per heavy atom. The summed E-state index contributed by atoms with van der Waals surface area (Å²) in [5, 5.41) is 0. The predicted octanol–water partition coefficient (Wildman–Crippen LogP) is 20.4. The van der Waals surface area contributed by atoms with Gasteiger partial charge in [0.1, 0.15) is 13.2 Å². The van der Waals surface area contributed by atoms with Crippen LogP contribution in [0.4, 0.5) is 0 Å². The summed E-state index contributed by atoms with van der Waals surface area (Å²) >= 11 is 0. The van der Waals surface area contributed by atoms with Gasteiger partial charge in [0, 0.05) is 19.3 Å². The average molecular weight is 1010 g/mol. The molecule has 0 spiro atoms. The van der Waals surface area contributed by atoms with Crippen molar-refractivity contribution in [2.45, 2.75) is 271 Å². The highest BCUT2D eigenvalue weighted by Crippen LogP contribution is 2.16. The van der Waals surface area contributed by atoms with Gasteiger partial charge < -0.3 is 14.2 Å². The van der Waals surface area contributed by atoms with Crippen molar-refractivity contribution in [3.05, 3.63) is 122 Å². The molecule has 0 heterocycles. The fourth-order valence-corrected chi connectivity index (χ4v) is 8.05. The van der Waals surface area contributed by atoms with Gasteiger partial charge in [0.2, 0.25) is 0 Å². The third-order valence-electron chi connectivity index (χ3n) is 12.5. The standard InChI is InChI=1S/C67H110O6/c1-4-7-10-13-16-19-22-25-28-30-32-33-35-37-40-43-46-49-52-55-58-61-67(70)73-64(62-71-65(68)59-56-53-50-47-44-41-38-27-24-21-18-15-12-9-6-3)63-72-66(69)60-57-54-51-48-45-42-39-36-34-31-29-26-23-20-17-14-11-8-5-2/h8-9,11-12,17-18,20-21,26-27,29,34,36,38,42,44-45,47,51,54,64H,4-7,10,13-16,19,22-25,28,30-33,35,37,39-41,43,46,48-50,52-53,55-63H2,1-3H3/b11-8-,12-9-,20-17-,21-18-,29-26-,36-34-,38-27-,45-42-,47-44-,54-51-/t64-/m0/s1. The van der Waals surface area contributed by atoms with Gasteiger partial charge in [-0.2, -0.15) is 0 Å². The molecule has 6 heteroatoms. The van der Waals surface area contributed by atoms with Crippen LogP contribution < -0.4 is 0 Å². The normalized spacial score (nSPS) is 13.0. The van der Waals surface area contributed by atoms with E-state index in [1.54, 1.807) is 0 Å². The first-order valence-electron chi connectivity index (χ1n) is 30.0. The molecule has 0 rings (SSSR count). The minimum atomic E-state index is -0.828. The number of carbonyl (C=O) groups excluding carboxylic acids is 3. The molecule has 0 aliphatic rings. The second-order valence-corrected chi connectivity index (χ2v) is 19.5. The van der Waals surface area contributed by atoms with Crippen molar-refractivity contribution in [3.8, 4) is 0 Å². The highest BCUT2D eigenvalue weighted by atomic mass is 16.6. The zero-order chi connectivity index (χ0) is 52.9. The Kier molecular flexibility index (Phi) is 56.9. The van der Waals surface area contributed by atoms with E-state index in [1.165, 1.54) is 116 Å². The molecule has 0 aromatic rings. The maximum Gasteiger partial charge on any atom is 0.306 e. The van der Waals surface area contributed by atoms with Crippen LogP contribution in [-0.2, 0) is 28.6 Å². The van der Waals surface area contributed by atoms with Gasteiger partial charge >= 0.3 is 17.9 Å². The molecule has 1 atom stereocenters. The van der Waals surface area contributed by atoms with Crippen LogP contribution in [0.15, 0.2) is 122 Å². The monoisotopic (exact) mass is 1010 g/mol.